The van der Waals surface area contributed by atoms with Crippen molar-refractivity contribution in [3.05, 3.63) is 46.1 Å². The Kier molecular flexibility index (Phi) is 5.41. The molecule has 0 radical (unpaired) electrons. The van der Waals surface area contributed by atoms with Crippen LogP contribution in [-0.2, 0) is 6.42 Å². The number of amides is 1. The van der Waals surface area contributed by atoms with Crippen LogP contribution in [0.3, 0.4) is 0 Å². The average Bonchev–Trinajstić information content (AvgIpc) is 3.24. The molecule has 5 rings (SSSR count). The summed E-state index contributed by atoms with van der Waals surface area (Å²) in [6.07, 6.45) is 4.62. The lowest BCUT2D eigenvalue weighted by molar-refractivity contribution is 0.0959. The lowest BCUT2D eigenvalue weighted by atomic mass is 10.0. The molecular weight excluding hydrogens is 422 g/mol. The minimum absolute atomic E-state index is 0.223. The SMILES string of the molecule is Cc1cnc2c(N)c(C(=O)NCCc3ccc(N4C5CCC4CNC5)c(C#N)c3)sc2n1. The van der Waals surface area contributed by atoms with Crippen molar-refractivity contribution in [3.8, 4) is 6.07 Å². The summed E-state index contributed by atoms with van der Waals surface area (Å²) in [4.78, 5) is 24.9. The Balaban J connectivity index is 1.26. The molecule has 0 saturated carbocycles. The van der Waals surface area contributed by atoms with Gasteiger partial charge in [0, 0.05) is 37.9 Å². The van der Waals surface area contributed by atoms with Gasteiger partial charge in [0.25, 0.3) is 5.91 Å². The third-order valence-electron chi connectivity index (χ3n) is 6.30. The number of nitrogen functional groups attached to an aromatic ring is 1. The molecule has 1 amide bonds. The number of hydrogen-bond donors (Lipinski definition) is 3. The predicted molar refractivity (Wildman–Crippen MR) is 126 cm³/mol. The highest BCUT2D eigenvalue weighted by molar-refractivity contribution is 7.21. The number of anilines is 2. The maximum absolute atomic E-state index is 12.7. The molecule has 1 aromatic carbocycles. The van der Waals surface area contributed by atoms with Gasteiger partial charge in [-0.05, 0) is 43.9 Å². The van der Waals surface area contributed by atoms with Gasteiger partial charge in [0.2, 0.25) is 0 Å². The third kappa shape index (κ3) is 3.66. The van der Waals surface area contributed by atoms with Gasteiger partial charge in [0.05, 0.1) is 22.6 Å². The number of aromatic nitrogens is 2. The minimum atomic E-state index is -0.223. The molecule has 2 saturated heterocycles. The van der Waals surface area contributed by atoms with Gasteiger partial charge >= 0.3 is 0 Å². The van der Waals surface area contributed by atoms with Gasteiger partial charge in [-0.15, -0.1) is 11.3 Å². The van der Waals surface area contributed by atoms with E-state index < -0.39 is 0 Å². The monoisotopic (exact) mass is 447 g/mol. The topological polar surface area (TPSA) is 120 Å². The Morgan fingerprint density at radius 2 is 2.16 bits per heavy atom. The van der Waals surface area contributed by atoms with Crippen molar-refractivity contribution in [1.82, 2.24) is 20.6 Å². The van der Waals surface area contributed by atoms with E-state index in [0.29, 0.717) is 51.5 Å². The molecule has 4 N–H and O–H groups in total. The molecule has 164 valence electrons. The molecular formula is C23H25N7OS. The summed E-state index contributed by atoms with van der Waals surface area (Å²) in [5, 5.41) is 16.2. The summed E-state index contributed by atoms with van der Waals surface area (Å²) in [7, 11) is 0. The Hall–Kier alpha value is -3.22. The fourth-order valence-electron chi connectivity index (χ4n) is 4.76. The molecule has 9 heteroatoms. The molecule has 2 aliphatic rings. The van der Waals surface area contributed by atoms with Crippen molar-refractivity contribution in [2.24, 2.45) is 0 Å². The number of nitrogens with one attached hydrogen (secondary N) is 2. The van der Waals surface area contributed by atoms with Crippen LogP contribution in [0.25, 0.3) is 10.3 Å². The maximum Gasteiger partial charge on any atom is 0.263 e. The standard InChI is InChI=1S/C23H25N7OS/c1-13-10-28-20-19(25)21(32-23(20)29-13)22(31)27-7-6-14-2-5-18(15(8-14)9-24)30-16-3-4-17(30)12-26-11-16/h2,5,8,10,16-17,26H,3-4,6-7,11-12,25H2,1H3,(H,27,31). The van der Waals surface area contributed by atoms with Crippen LogP contribution in [0.2, 0.25) is 0 Å². The van der Waals surface area contributed by atoms with Gasteiger partial charge in [-0.25, -0.2) is 9.97 Å². The number of rotatable bonds is 5. The van der Waals surface area contributed by atoms with E-state index >= 15 is 0 Å². The molecule has 4 heterocycles. The van der Waals surface area contributed by atoms with Crippen LogP contribution in [0, 0.1) is 18.3 Å². The quantitative estimate of drug-likeness (QED) is 0.549. The molecule has 2 aromatic heterocycles. The number of piperazine rings is 1. The zero-order valence-corrected chi connectivity index (χ0v) is 18.7. The fraction of sp³-hybridized carbons (Fsp3) is 0.391. The second-order valence-electron chi connectivity index (χ2n) is 8.43. The van der Waals surface area contributed by atoms with Crippen molar-refractivity contribution in [1.29, 1.82) is 5.26 Å². The first-order valence-corrected chi connectivity index (χ1v) is 11.7. The van der Waals surface area contributed by atoms with E-state index in [9.17, 15) is 10.1 Å². The summed E-state index contributed by atoms with van der Waals surface area (Å²) in [6, 6.07) is 9.38. The van der Waals surface area contributed by atoms with E-state index in [4.69, 9.17) is 5.73 Å². The number of benzene rings is 1. The van der Waals surface area contributed by atoms with Gasteiger partial charge in [0.1, 0.15) is 21.3 Å². The molecule has 3 aromatic rings. The van der Waals surface area contributed by atoms with Crippen LogP contribution in [-0.4, -0.2) is 47.6 Å². The van der Waals surface area contributed by atoms with E-state index in [2.05, 4.69) is 43.7 Å². The van der Waals surface area contributed by atoms with E-state index in [1.807, 2.05) is 13.0 Å². The lowest BCUT2D eigenvalue weighted by Crippen LogP contribution is -2.52. The minimum Gasteiger partial charge on any atom is -0.396 e. The third-order valence-corrected chi connectivity index (χ3v) is 7.39. The maximum atomic E-state index is 12.7. The summed E-state index contributed by atoms with van der Waals surface area (Å²) in [6.45, 7) is 4.26. The Morgan fingerprint density at radius 1 is 1.38 bits per heavy atom. The number of carbonyl (C=O) groups excluding carboxylic acids is 1. The number of nitriles is 1. The molecule has 2 unspecified atom stereocenters. The first kappa shape index (κ1) is 20.7. The number of aryl methyl sites for hydroxylation is 1. The van der Waals surface area contributed by atoms with Gasteiger partial charge < -0.3 is 21.3 Å². The van der Waals surface area contributed by atoms with Gasteiger partial charge in [-0.1, -0.05) is 6.07 Å². The van der Waals surface area contributed by atoms with Crippen LogP contribution in [0.1, 0.15) is 39.3 Å². The van der Waals surface area contributed by atoms with Crippen molar-refractivity contribution in [2.45, 2.75) is 38.3 Å². The summed E-state index contributed by atoms with van der Waals surface area (Å²) in [5.41, 5.74) is 10.6. The highest BCUT2D eigenvalue weighted by atomic mass is 32.1. The van der Waals surface area contributed by atoms with Crippen molar-refractivity contribution in [3.63, 3.8) is 0 Å². The van der Waals surface area contributed by atoms with Crippen molar-refractivity contribution < 1.29 is 4.79 Å². The molecule has 2 bridgehead atoms. The number of nitrogens with two attached hydrogens (primary N) is 1. The number of thiophene rings is 1. The average molecular weight is 448 g/mol. The molecule has 2 atom stereocenters. The highest BCUT2D eigenvalue weighted by Crippen LogP contribution is 2.35. The van der Waals surface area contributed by atoms with Gasteiger partial charge in [0.15, 0.2) is 0 Å². The van der Waals surface area contributed by atoms with Crippen LogP contribution < -0.4 is 21.3 Å². The Morgan fingerprint density at radius 3 is 2.91 bits per heavy atom. The van der Waals surface area contributed by atoms with Crippen molar-refractivity contribution in [2.75, 3.05) is 30.3 Å². The van der Waals surface area contributed by atoms with E-state index in [0.717, 1.165) is 30.0 Å². The molecule has 0 aliphatic carbocycles. The van der Waals surface area contributed by atoms with E-state index in [1.54, 1.807) is 6.20 Å². The fourth-order valence-corrected chi connectivity index (χ4v) is 5.78. The van der Waals surface area contributed by atoms with Crippen LogP contribution >= 0.6 is 11.3 Å². The van der Waals surface area contributed by atoms with Crippen LogP contribution in [0.15, 0.2) is 24.4 Å². The number of nitrogens with zero attached hydrogens (tertiary/aromatic N) is 4. The molecule has 2 fully saturated rings. The van der Waals surface area contributed by atoms with Crippen LogP contribution in [0.4, 0.5) is 11.4 Å². The van der Waals surface area contributed by atoms with Gasteiger partial charge in [-0.3, -0.25) is 4.79 Å². The Bertz CT molecular complexity index is 1220. The van der Waals surface area contributed by atoms with Crippen molar-refractivity contribution >= 4 is 39.0 Å². The zero-order valence-electron chi connectivity index (χ0n) is 17.9. The largest absolute Gasteiger partial charge is 0.396 e. The molecule has 0 spiro atoms. The summed E-state index contributed by atoms with van der Waals surface area (Å²) in [5.74, 6) is -0.223. The first-order valence-electron chi connectivity index (χ1n) is 10.9. The summed E-state index contributed by atoms with van der Waals surface area (Å²) >= 11 is 1.26. The first-order chi connectivity index (χ1) is 15.5. The second kappa shape index (κ2) is 8.37. The zero-order chi connectivity index (χ0) is 22.2. The second-order valence-corrected chi connectivity index (χ2v) is 9.43. The number of fused-ring (bicyclic) bond motifs is 3. The lowest BCUT2D eigenvalue weighted by Gasteiger charge is -2.37. The van der Waals surface area contributed by atoms with E-state index in [-0.39, 0.29) is 5.91 Å². The van der Waals surface area contributed by atoms with Gasteiger partial charge in [-0.2, -0.15) is 5.26 Å². The molecule has 32 heavy (non-hydrogen) atoms. The molecule has 2 aliphatic heterocycles. The molecule has 8 nitrogen and oxygen atoms in total. The number of carbonyl (C=O) groups is 1. The smallest absolute Gasteiger partial charge is 0.263 e. The predicted octanol–water partition coefficient (Wildman–Crippen LogP) is 2.37. The summed E-state index contributed by atoms with van der Waals surface area (Å²) < 4.78 is 0. The highest BCUT2D eigenvalue weighted by Gasteiger charge is 2.37. The van der Waals surface area contributed by atoms with E-state index in [1.165, 1.54) is 24.2 Å². The normalized spacial score (nSPS) is 19.8. The number of hydrogen-bond acceptors (Lipinski definition) is 8. The van der Waals surface area contributed by atoms with Crippen LogP contribution in [0.5, 0.6) is 0 Å². The Labute approximate surface area is 190 Å².